The Morgan fingerprint density at radius 1 is 1.38 bits per heavy atom. The fourth-order valence-electron chi connectivity index (χ4n) is 4.05. The topological polar surface area (TPSA) is 66.7 Å². The standard InChI is InChI=1S/C19H20ClN3O3/c1-11-16(12(2)26-21-11)6-7-18(24)22-10-15-9-17(22)19(25)23(15)14-5-3-4-13(20)8-14/h3-5,8,15,17H,6-7,9-10H2,1-2H3/t15-,17-/m0/s1. The summed E-state index contributed by atoms with van der Waals surface area (Å²) in [5.41, 5.74) is 2.61. The van der Waals surface area contributed by atoms with Crippen molar-refractivity contribution in [2.24, 2.45) is 0 Å². The summed E-state index contributed by atoms with van der Waals surface area (Å²) in [7, 11) is 0. The number of hydrogen-bond donors (Lipinski definition) is 0. The van der Waals surface area contributed by atoms with Crippen LogP contribution in [0.2, 0.25) is 5.02 Å². The maximum Gasteiger partial charge on any atom is 0.250 e. The molecule has 0 radical (unpaired) electrons. The summed E-state index contributed by atoms with van der Waals surface area (Å²) in [6, 6.07) is 6.96. The van der Waals surface area contributed by atoms with E-state index in [9.17, 15) is 9.59 Å². The number of benzene rings is 1. The highest BCUT2D eigenvalue weighted by Gasteiger charge is 2.51. The van der Waals surface area contributed by atoms with Crippen LogP contribution in [0.15, 0.2) is 28.8 Å². The van der Waals surface area contributed by atoms with E-state index >= 15 is 0 Å². The molecule has 26 heavy (non-hydrogen) atoms. The summed E-state index contributed by atoms with van der Waals surface area (Å²) < 4.78 is 5.15. The second-order valence-electron chi connectivity index (χ2n) is 6.94. The Hall–Kier alpha value is -2.34. The molecule has 2 bridgehead atoms. The average molecular weight is 374 g/mol. The van der Waals surface area contributed by atoms with Crippen molar-refractivity contribution in [1.82, 2.24) is 10.1 Å². The van der Waals surface area contributed by atoms with Gasteiger partial charge in [0.15, 0.2) is 0 Å². The van der Waals surface area contributed by atoms with Crippen LogP contribution in [0.3, 0.4) is 0 Å². The Kier molecular flexibility index (Phi) is 4.23. The monoisotopic (exact) mass is 373 g/mol. The van der Waals surface area contributed by atoms with Gasteiger partial charge in [-0.1, -0.05) is 22.8 Å². The number of aryl methyl sites for hydroxylation is 2. The number of carbonyl (C=O) groups is 2. The van der Waals surface area contributed by atoms with E-state index in [4.69, 9.17) is 16.1 Å². The fourth-order valence-corrected chi connectivity index (χ4v) is 4.23. The number of nitrogens with zero attached hydrogens (tertiary/aromatic N) is 3. The third kappa shape index (κ3) is 2.78. The zero-order chi connectivity index (χ0) is 18.4. The summed E-state index contributed by atoms with van der Waals surface area (Å²) >= 11 is 6.05. The minimum Gasteiger partial charge on any atom is -0.361 e. The van der Waals surface area contributed by atoms with Gasteiger partial charge in [-0.3, -0.25) is 9.59 Å². The maximum atomic E-state index is 12.8. The minimum atomic E-state index is -0.365. The molecule has 2 atom stereocenters. The van der Waals surface area contributed by atoms with Crippen LogP contribution in [-0.2, 0) is 16.0 Å². The van der Waals surface area contributed by atoms with Gasteiger partial charge in [-0.25, -0.2) is 0 Å². The van der Waals surface area contributed by atoms with Gasteiger partial charge in [0.05, 0.1) is 11.7 Å². The molecule has 4 rings (SSSR count). The van der Waals surface area contributed by atoms with Gasteiger partial charge in [-0.15, -0.1) is 0 Å². The summed E-state index contributed by atoms with van der Waals surface area (Å²) in [5.74, 6) is 0.743. The number of fused-ring (bicyclic) bond motifs is 2. The summed E-state index contributed by atoms with van der Waals surface area (Å²) in [6.45, 7) is 4.30. The number of amides is 2. The number of hydrogen-bond acceptors (Lipinski definition) is 4. The van der Waals surface area contributed by atoms with Crippen LogP contribution in [-0.4, -0.2) is 40.5 Å². The molecule has 3 heterocycles. The van der Waals surface area contributed by atoms with E-state index in [1.165, 1.54) is 0 Å². The van der Waals surface area contributed by atoms with Crippen molar-refractivity contribution in [2.75, 3.05) is 11.4 Å². The van der Waals surface area contributed by atoms with E-state index in [-0.39, 0.29) is 23.9 Å². The van der Waals surface area contributed by atoms with Crippen LogP contribution in [0.5, 0.6) is 0 Å². The SMILES string of the molecule is Cc1noc(C)c1CCC(=O)N1C[C@@H]2C[C@H]1C(=O)N2c1cccc(Cl)c1. The van der Waals surface area contributed by atoms with Crippen molar-refractivity contribution in [3.05, 3.63) is 46.3 Å². The molecule has 0 saturated carbocycles. The van der Waals surface area contributed by atoms with Gasteiger partial charge < -0.3 is 14.3 Å². The molecule has 0 unspecified atom stereocenters. The Morgan fingerprint density at radius 3 is 2.85 bits per heavy atom. The number of rotatable bonds is 4. The van der Waals surface area contributed by atoms with Gasteiger partial charge in [-0.2, -0.15) is 0 Å². The highest BCUT2D eigenvalue weighted by Crippen LogP contribution is 2.36. The first-order chi connectivity index (χ1) is 12.5. The molecule has 2 aliphatic heterocycles. The average Bonchev–Trinajstić information content (AvgIpc) is 3.26. The fraction of sp³-hybridized carbons (Fsp3) is 0.421. The van der Waals surface area contributed by atoms with Crippen LogP contribution >= 0.6 is 11.6 Å². The first kappa shape index (κ1) is 17.1. The van der Waals surface area contributed by atoms with Gasteiger partial charge in [0.1, 0.15) is 11.8 Å². The Balaban J connectivity index is 1.44. The number of likely N-dealkylation sites (tertiary alicyclic amines) is 1. The zero-order valence-corrected chi connectivity index (χ0v) is 15.5. The number of anilines is 1. The molecule has 2 aliphatic rings. The predicted octanol–water partition coefficient (Wildman–Crippen LogP) is 2.89. The Bertz CT molecular complexity index is 859. The smallest absolute Gasteiger partial charge is 0.250 e. The van der Waals surface area contributed by atoms with E-state index in [0.717, 1.165) is 22.7 Å². The van der Waals surface area contributed by atoms with E-state index in [0.29, 0.717) is 30.8 Å². The second kappa shape index (κ2) is 6.43. The van der Waals surface area contributed by atoms with Gasteiger partial charge >= 0.3 is 0 Å². The Labute approximate surface area is 156 Å². The highest BCUT2D eigenvalue weighted by atomic mass is 35.5. The quantitative estimate of drug-likeness (QED) is 0.826. The summed E-state index contributed by atoms with van der Waals surface area (Å²) in [4.78, 5) is 29.0. The van der Waals surface area contributed by atoms with E-state index in [1.54, 1.807) is 21.9 Å². The Morgan fingerprint density at radius 2 is 2.19 bits per heavy atom. The molecule has 0 spiro atoms. The first-order valence-corrected chi connectivity index (χ1v) is 9.13. The normalized spacial score (nSPS) is 21.7. The van der Waals surface area contributed by atoms with Crippen LogP contribution in [0.25, 0.3) is 0 Å². The highest BCUT2D eigenvalue weighted by molar-refractivity contribution is 6.31. The first-order valence-electron chi connectivity index (χ1n) is 8.75. The number of carbonyl (C=O) groups excluding carboxylic acids is 2. The molecule has 2 aromatic rings. The second-order valence-corrected chi connectivity index (χ2v) is 7.38. The zero-order valence-electron chi connectivity index (χ0n) is 14.7. The molecule has 0 aliphatic carbocycles. The van der Waals surface area contributed by atoms with Crippen LogP contribution in [0.1, 0.15) is 29.9 Å². The van der Waals surface area contributed by atoms with Crippen LogP contribution < -0.4 is 4.90 Å². The van der Waals surface area contributed by atoms with E-state index in [2.05, 4.69) is 5.16 Å². The number of piperazine rings is 1. The van der Waals surface area contributed by atoms with Gasteiger partial charge in [0.2, 0.25) is 11.8 Å². The van der Waals surface area contributed by atoms with Crippen molar-refractivity contribution in [2.45, 2.75) is 45.2 Å². The molecule has 2 fully saturated rings. The molecular formula is C19H20ClN3O3. The van der Waals surface area contributed by atoms with Gasteiger partial charge in [-0.05, 0) is 44.9 Å². The van der Waals surface area contributed by atoms with Crippen molar-refractivity contribution < 1.29 is 14.1 Å². The lowest BCUT2D eigenvalue weighted by Gasteiger charge is -2.34. The molecular weight excluding hydrogens is 354 g/mol. The lowest BCUT2D eigenvalue weighted by Crippen LogP contribution is -2.52. The molecule has 136 valence electrons. The van der Waals surface area contributed by atoms with Crippen LogP contribution in [0.4, 0.5) is 5.69 Å². The van der Waals surface area contributed by atoms with Crippen molar-refractivity contribution in [3.8, 4) is 0 Å². The van der Waals surface area contributed by atoms with E-state index in [1.807, 2.05) is 26.0 Å². The molecule has 1 aromatic heterocycles. The van der Waals surface area contributed by atoms with E-state index < -0.39 is 0 Å². The molecule has 0 N–H and O–H groups in total. The lowest BCUT2D eigenvalue weighted by molar-refractivity contribution is -0.138. The van der Waals surface area contributed by atoms with Crippen LogP contribution in [0, 0.1) is 13.8 Å². The molecule has 6 nitrogen and oxygen atoms in total. The lowest BCUT2D eigenvalue weighted by atomic mass is 10.1. The molecule has 2 amide bonds. The largest absolute Gasteiger partial charge is 0.361 e. The predicted molar refractivity (Wildman–Crippen MR) is 97.1 cm³/mol. The third-order valence-electron chi connectivity index (χ3n) is 5.34. The van der Waals surface area contributed by atoms with Crippen molar-refractivity contribution >= 4 is 29.1 Å². The summed E-state index contributed by atoms with van der Waals surface area (Å²) in [5, 5.41) is 4.52. The molecule has 2 saturated heterocycles. The maximum absolute atomic E-state index is 12.8. The minimum absolute atomic E-state index is 0.0107. The third-order valence-corrected chi connectivity index (χ3v) is 5.58. The van der Waals surface area contributed by atoms with Crippen molar-refractivity contribution in [1.29, 1.82) is 0 Å². The number of halogens is 1. The molecule has 1 aromatic carbocycles. The van der Waals surface area contributed by atoms with Crippen molar-refractivity contribution in [3.63, 3.8) is 0 Å². The van der Waals surface area contributed by atoms with Gasteiger partial charge in [0, 0.05) is 29.2 Å². The number of aromatic nitrogens is 1. The molecule has 7 heteroatoms. The van der Waals surface area contributed by atoms with Gasteiger partial charge in [0.25, 0.3) is 0 Å². The summed E-state index contributed by atoms with van der Waals surface area (Å²) in [6.07, 6.45) is 1.62.